The van der Waals surface area contributed by atoms with Crippen molar-refractivity contribution in [1.29, 1.82) is 0 Å². The lowest BCUT2D eigenvalue weighted by molar-refractivity contribution is -0.115. The van der Waals surface area contributed by atoms with Crippen LogP contribution >= 0.6 is 15.9 Å². The molecule has 0 bridgehead atoms. The predicted molar refractivity (Wildman–Crippen MR) is 93.7 cm³/mol. The van der Waals surface area contributed by atoms with Gasteiger partial charge in [0.15, 0.2) is 0 Å². The summed E-state index contributed by atoms with van der Waals surface area (Å²) in [5, 5.41) is 7.50. The minimum absolute atomic E-state index is 0.116. The number of carbonyl (C=O) groups excluding carboxylic acids is 1. The van der Waals surface area contributed by atoms with Crippen LogP contribution < -0.4 is 10.7 Å². The van der Waals surface area contributed by atoms with Gasteiger partial charge in [0.2, 0.25) is 11.3 Å². The van der Waals surface area contributed by atoms with Gasteiger partial charge in [0.25, 0.3) is 0 Å². The number of rotatable bonds is 4. The Morgan fingerprint density at radius 3 is 2.88 bits per heavy atom. The van der Waals surface area contributed by atoms with Gasteiger partial charge >= 0.3 is 0 Å². The highest BCUT2D eigenvalue weighted by Crippen LogP contribution is 2.17. The molecule has 1 aromatic carbocycles. The quantitative estimate of drug-likeness (QED) is 0.740. The van der Waals surface area contributed by atoms with Gasteiger partial charge in [-0.05, 0) is 31.2 Å². The minimum Gasteiger partial charge on any atom is -0.310 e. The molecule has 1 amide bonds. The second kappa shape index (κ2) is 6.88. The standard InChI is InChI=1S/C16H14BrN5O2/c1-2-22-13-7-10(17)3-4-11(13)16(24)12(21-22)8-15(23)20-14-5-6-18-9-19-14/h3-7,9H,2,8H2,1H3,(H,18,19,20,23). The molecule has 0 fully saturated rings. The zero-order valence-electron chi connectivity index (χ0n) is 12.9. The number of benzene rings is 1. The monoisotopic (exact) mass is 387 g/mol. The number of amides is 1. The number of nitrogens with one attached hydrogen (secondary N) is 1. The van der Waals surface area contributed by atoms with Crippen molar-refractivity contribution >= 4 is 38.6 Å². The predicted octanol–water partition coefficient (Wildman–Crippen LogP) is 2.15. The van der Waals surface area contributed by atoms with Crippen LogP contribution in [0.3, 0.4) is 0 Å². The highest BCUT2D eigenvalue weighted by atomic mass is 79.9. The molecule has 0 aliphatic carbocycles. The number of fused-ring (bicyclic) bond motifs is 1. The number of carbonyl (C=O) groups is 1. The molecule has 3 aromatic rings. The molecule has 24 heavy (non-hydrogen) atoms. The first-order valence-electron chi connectivity index (χ1n) is 7.33. The van der Waals surface area contributed by atoms with E-state index in [4.69, 9.17) is 0 Å². The van der Waals surface area contributed by atoms with Crippen LogP contribution in [0, 0.1) is 0 Å². The van der Waals surface area contributed by atoms with E-state index in [9.17, 15) is 9.59 Å². The Bertz CT molecular complexity index is 956. The molecule has 0 atom stereocenters. The smallest absolute Gasteiger partial charge is 0.231 e. The summed E-state index contributed by atoms with van der Waals surface area (Å²) >= 11 is 3.40. The van der Waals surface area contributed by atoms with Crippen molar-refractivity contribution in [2.24, 2.45) is 0 Å². The Morgan fingerprint density at radius 2 is 2.17 bits per heavy atom. The van der Waals surface area contributed by atoms with Gasteiger partial charge in [0.1, 0.15) is 17.8 Å². The maximum absolute atomic E-state index is 12.6. The molecule has 1 N–H and O–H groups in total. The van der Waals surface area contributed by atoms with Gasteiger partial charge in [-0.3, -0.25) is 14.3 Å². The van der Waals surface area contributed by atoms with Crippen molar-refractivity contribution in [2.75, 3.05) is 5.32 Å². The summed E-state index contributed by atoms with van der Waals surface area (Å²) in [7, 11) is 0. The van der Waals surface area contributed by atoms with Crippen molar-refractivity contribution in [3.63, 3.8) is 0 Å². The first kappa shape index (κ1) is 16.3. The molecule has 8 heteroatoms. The van der Waals surface area contributed by atoms with Crippen molar-refractivity contribution in [3.8, 4) is 0 Å². The Hall–Kier alpha value is -2.61. The zero-order valence-corrected chi connectivity index (χ0v) is 14.4. The summed E-state index contributed by atoms with van der Waals surface area (Å²) in [5.74, 6) is 0.0351. The molecule has 3 rings (SSSR count). The third-order valence-corrected chi connectivity index (χ3v) is 3.96. The van der Waals surface area contributed by atoms with E-state index in [-0.39, 0.29) is 23.5 Å². The Balaban J connectivity index is 1.95. The highest BCUT2D eigenvalue weighted by molar-refractivity contribution is 9.10. The first-order valence-corrected chi connectivity index (χ1v) is 8.13. The summed E-state index contributed by atoms with van der Waals surface area (Å²) in [5.41, 5.74) is 0.704. The molecule has 2 heterocycles. The molecule has 2 aromatic heterocycles. The number of aryl methyl sites for hydroxylation is 1. The third kappa shape index (κ3) is 3.33. The van der Waals surface area contributed by atoms with E-state index in [1.165, 1.54) is 12.5 Å². The van der Waals surface area contributed by atoms with E-state index >= 15 is 0 Å². The van der Waals surface area contributed by atoms with E-state index < -0.39 is 0 Å². The topological polar surface area (TPSA) is 89.8 Å². The number of hydrogen-bond acceptors (Lipinski definition) is 5. The van der Waals surface area contributed by atoms with Crippen LogP contribution in [0.5, 0.6) is 0 Å². The number of anilines is 1. The van der Waals surface area contributed by atoms with E-state index in [2.05, 4.69) is 36.3 Å². The average Bonchev–Trinajstić information content (AvgIpc) is 2.58. The molecule has 0 radical (unpaired) electrons. The lowest BCUT2D eigenvalue weighted by Crippen LogP contribution is -2.24. The van der Waals surface area contributed by atoms with Crippen molar-refractivity contribution in [1.82, 2.24) is 19.7 Å². The van der Waals surface area contributed by atoms with Gasteiger partial charge in [-0.25, -0.2) is 9.97 Å². The fourth-order valence-corrected chi connectivity index (χ4v) is 2.72. The summed E-state index contributed by atoms with van der Waals surface area (Å²) in [6, 6.07) is 6.96. The Labute approximate surface area is 145 Å². The van der Waals surface area contributed by atoms with Crippen LogP contribution in [-0.4, -0.2) is 25.7 Å². The summed E-state index contributed by atoms with van der Waals surface area (Å²) in [6.07, 6.45) is 2.75. The molecule has 0 unspecified atom stereocenters. The average molecular weight is 388 g/mol. The molecule has 7 nitrogen and oxygen atoms in total. The Kier molecular flexibility index (Phi) is 4.66. The van der Waals surface area contributed by atoms with Gasteiger partial charge in [-0.1, -0.05) is 15.9 Å². The van der Waals surface area contributed by atoms with Gasteiger partial charge in [0.05, 0.1) is 11.9 Å². The SMILES string of the molecule is CCn1nc(CC(=O)Nc2ccncn2)c(=O)c2ccc(Br)cc21. The fraction of sp³-hybridized carbons (Fsp3) is 0.188. The largest absolute Gasteiger partial charge is 0.310 e. The number of halogens is 1. The molecule has 122 valence electrons. The lowest BCUT2D eigenvalue weighted by atomic mass is 10.1. The van der Waals surface area contributed by atoms with Crippen molar-refractivity contribution in [2.45, 2.75) is 19.9 Å². The van der Waals surface area contributed by atoms with Crippen molar-refractivity contribution in [3.05, 3.63) is 57.2 Å². The fourth-order valence-electron chi connectivity index (χ4n) is 2.37. The highest BCUT2D eigenvalue weighted by Gasteiger charge is 2.14. The first-order chi connectivity index (χ1) is 11.6. The number of nitrogens with zero attached hydrogens (tertiary/aromatic N) is 4. The minimum atomic E-state index is -0.350. The van der Waals surface area contributed by atoms with Crippen LogP contribution in [0.4, 0.5) is 5.82 Å². The van der Waals surface area contributed by atoms with Gasteiger partial charge in [-0.15, -0.1) is 0 Å². The van der Waals surface area contributed by atoms with Crippen molar-refractivity contribution < 1.29 is 4.79 Å². The molecule has 0 aliphatic heterocycles. The second-order valence-corrected chi connectivity index (χ2v) is 5.99. The summed E-state index contributed by atoms with van der Waals surface area (Å²) in [6.45, 7) is 2.52. The zero-order chi connectivity index (χ0) is 17.1. The Morgan fingerprint density at radius 1 is 1.33 bits per heavy atom. The van der Waals surface area contributed by atoms with Crippen LogP contribution in [0.2, 0.25) is 0 Å². The molecule has 0 saturated heterocycles. The molecular formula is C16H14BrN5O2. The maximum Gasteiger partial charge on any atom is 0.231 e. The number of hydrogen-bond donors (Lipinski definition) is 1. The van der Waals surface area contributed by atoms with Crippen LogP contribution in [0.1, 0.15) is 12.6 Å². The molecule has 0 saturated carbocycles. The summed E-state index contributed by atoms with van der Waals surface area (Å²) in [4.78, 5) is 32.5. The third-order valence-electron chi connectivity index (χ3n) is 3.46. The molecule has 0 aliphatic rings. The van der Waals surface area contributed by atoms with E-state index in [1.54, 1.807) is 22.9 Å². The summed E-state index contributed by atoms with van der Waals surface area (Å²) < 4.78 is 2.59. The van der Waals surface area contributed by atoms with Crippen LogP contribution in [0.25, 0.3) is 10.9 Å². The van der Waals surface area contributed by atoms with E-state index in [0.717, 1.165) is 9.99 Å². The lowest BCUT2D eigenvalue weighted by Gasteiger charge is -2.10. The van der Waals surface area contributed by atoms with Crippen LogP contribution in [0.15, 0.2) is 46.1 Å². The molecular weight excluding hydrogens is 374 g/mol. The molecule has 0 spiro atoms. The normalized spacial score (nSPS) is 10.8. The van der Waals surface area contributed by atoms with Gasteiger partial charge in [-0.2, -0.15) is 5.10 Å². The van der Waals surface area contributed by atoms with Gasteiger partial charge < -0.3 is 5.32 Å². The maximum atomic E-state index is 12.6. The van der Waals surface area contributed by atoms with Crippen LogP contribution in [-0.2, 0) is 17.8 Å². The number of aromatic nitrogens is 4. The van der Waals surface area contributed by atoms with E-state index in [1.807, 2.05) is 13.0 Å². The van der Waals surface area contributed by atoms with Gasteiger partial charge in [0, 0.05) is 22.6 Å². The second-order valence-electron chi connectivity index (χ2n) is 5.07. The van der Waals surface area contributed by atoms with E-state index in [0.29, 0.717) is 17.7 Å².